The first-order valence-electron chi connectivity index (χ1n) is 21.3. The predicted molar refractivity (Wildman–Crippen MR) is 240 cm³/mol. The molecule has 2 nitrogen and oxygen atoms in total. The van der Waals surface area contributed by atoms with Crippen LogP contribution in [0.25, 0.3) is 11.1 Å². The average molecular weight is 741 g/mol. The summed E-state index contributed by atoms with van der Waals surface area (Å²) < 4.78 is 0. The number of hydrogen-bond acceptors (Lipinski definition) is 2. The van der Waals surface area contributed by atoms with Crippen molar-refractivity contribution in [3.8, 4) is 11.1 Å². The van der Waals surface area contributed by atoms with E-state index < -0.39 is 0 Å². The zero-order valence-corrected chi connectivity index (χ0v) is 33.4. The lowest BCUT2D eigenvalue weighted by atomic mass is 9.82. The molecule has 7 aromatic carbocycles. The van der Waals surface area contributed by atoms with E-state index in [9.17, 15) is 0 Å². The lowest BCUT2D eigenvalue weighted by molar-refractivity contribution is 0.443. The fourth-order valence-electron chi connectivity index (χ4n) is 10.1. The summed E-state index contributed by atoms with van der Waals surface area (Å²) >= 11 is 0. The second kappa shape index (κ2) is 14.9. The molecule has 0 aliphatic heterocycles. The second-order valence-corrected chi connectivity index (χ2v) is 17.1. The Morgan fingerprint density at radius 3 is 1.54 bits per heavy atom. The van der Waals surface area contributed by atoms with Gasteiger partial charge in [0.15, 0.2) is 0 Å². The fraction of sp³-hybridized carbons (Fsp3) is 0.236. The predicted octanol–water partition coefficient (Wildman–Crippen LogP) is 14.9. The molecule has 0 heterocycles. The molecule has 0 amide bonds. The van der Waals surface area contributed by atoms with Gasteiger partial charge in [0.1, 0.15) is 0 Å². The van der Waals surface area contributed by atoms with Crippen molar-refractivity contribution in [2.75, 3.05) is 9.80 Å². The first kappa shape index (κ1) is 35.5. The van der Waals surface area contributed by atoms with Gasteiger partial charge in [0.05, 0.1) is 0 Å². The Labute approximate surface area is 339 Å². The molecule has 13 rings (SSSR count). The number of aryl methyl sites for hydroxylation is 4. The molecule has 0 saturated heterocycles. The van der Waals surface area contributed by atoms with Gasteiger partial charge in [-0.2, -0.15) is 0 Å². The minimum absolute atomic E-state index is 0.0689. The number of fused-ring (bicyclic) bond motifs is 3. The highest BCUT2D eigenvalue weighted by Crippen LogP contribution is 2.51. The topological polar surface area (TPSA) is 6.48 Å². The lowest BCUT2D eigenvalue weighted by Gasteiger charge is -2.31. The standard InChI is InChI=1S/C55H52N2/c1-55(2)51-21-13-12-20-49(51)50-35-34-48(38-52(50)55)57(46-18-10-5-11-19-46)54-37-40-23-27-43-26-22-39(24-28-44(54)29-25-40)36-53(43)56(45-16-8-4-9-17-45)47-32-30-42(31-33-47)41-14-6-3-7-15-41/h4-5,8-13,16-22,25-26,29-38,41H,3,6-7,14-15,23-24,27-28H2,1-2H3. The highest BCUT2D eigenvalue weighted by molar-refractivity contribution is 5.86. The summed E-state index contributed by atoms with van der Waals surface area (Å²) in [5, 5.41) is 0. The largest absolute Gasteiger partial charge is 0.310 e. The minimum Gasteiger partial charge on any atom is -0.310 e. The molecule has 1 fully saturated rings. The van der Waals surface area contributed by atoms with E-state index in [2.05, 4.69) is 187 Å². The van der Waals surface area contributed by atoms with Crippen LogP contribution >= 0.6 is 0 Å². The molecule has 6 aliphatic carbocycles. The summed E-state index contributed by atoms with van der Waals surface area (Å²) in [6, 6.07) is 62.2. The molecular weight excluding hydrogens is 689 g/mol. The Morgan fingerprint density at radius 1 is 0.421 bits per heavy atom. The van der Waals surface area contributed by atoms with E-state index in [0.717, 1.165) is 25.7 Å². The third kappa shape index (κ3) is 6.65. The van der Waals surface area contributed by atoms with Gasteiger partial charge in [-0.1, -0.05) is 136 Å². The summed E-state index contributed by atoms with van der Waals surface area (Å²) in [6.45, 7) is 4.76. The fourth-order valence-corrected chi connectivity index (χ4v) is 10.1. The molecule has 4 bridgehead atoms. The van der Waals surface area contributed by atoms with Gasteiger partial charge in [0.2, 0.25) is 0 Å². The Morgan fingerprint density at radius 2 is 0.930 bits per heavy atom. The van der Waals surface area contributed by atoms with E-state index >= 15 is 0 Å². The first-order chi connectivity index (χ1) is 28.0. The maximum Gasteiger partial charge on any atom is 0.0496 e. The van der Waals surface area contributed by atoms with Gasteiger partial charge >= 0.3 is 0 Å². The number of para-hydroxylation sites is 2. The maximum absolute atomic E-state index is 2.52. The van der Waals surface area contributed by atoms with Crippen LogP contribution in [0.15, 0.2) is 164 Å². The van der Waals surface area contributed by atoms with Gasteiger partial charge in [-0.15, -0.1) is 0 Å². The van der Waals surface area contributed by atoms with Crippen LogP contribution in [0.2, 0.25) is 0 Å². The molecule has 0 N–H and O–H groups in total. The van der Waals surface area contributed by atoms with E-state index in [4.69, 9.17) is 0 Å². The number of rotatable bonds is 7. The van der Waals surface area contributed by atoms with Crippen LogP contribution in [-0.2, 0) is 31.1 Å². The van der Waals surface area contributed by atoms with Gasteiger partial charge in [0.25, 0.3) is 0 Å². The Balaban J connectivity index is 1.03. The minimum atomic E-state index is -0.0689. The molecule has 7 aromatic rings. The van der Waals surface area contributed by atoms with Crippen LogP contribution in [0.1, 0.15) is 90.8 Å². The quantitative estimate of drug-likeness (QED) is 0.161. The van der Waals surface area contributed by atoms with Crippen molar-refractivity contribution in [2.45, 2.75) is 83.0 Å². The number of anilines is 6. The molecule has 57 heavy (non-hydrogen) atoms. The molecular formula is C55H52N2. The van der Waals surface area contributed by atoms with Crippen LogP contribution in [-0.4, -0.2) is 0 Å². The average Bonchev–Trinajstić information content (AvgIpc) is 3.49. The molecule has 1 saturated carbocycles. The normalized spacial score (nSPS) is 15.7. The van der Waals surface area contributed by atoms with Gasteiger partial charge in [-0.05, 0) is 155 Å². The third-order valence-electron chi connectivity index (χ3n) is 13.2. The molecule has 0 spiro atoms. The van der Waals surface area contributed by atoms with Crippen LogP contribution in [0.3, 0.4) is 0 Å². The second-order valence-electron chi connectivity index (χ2n) is 17.1. The maximum atomic E-state index is 2.52. The van der Waals surface area contributed by atoms with Crippen LogP contribution in [0.5, 0.6) is 0 Å². The molecule has 0 atom stereocenters. The van der Waals surface area contributed by atoms with Gasteiger partial charge < -0.3 is 9.80 Å². The smallest absolute Gasteiger partial charge is 0.0496 e. The summed E-state index contributed by atoms with van der Waals surface area (Å²) in [7, 11) is 0. The van der Waals surface area contributed by atoms with Crippen molar-refractivity contribution in [2.24, 2.45) is 0 Å². The molecule has 0 radical (unpaired) electrons. The molecule has 282 valence electrons. The Bertz CT molecular complexity index is 2530. The van der Waals surface area contributed by atoms with Crippen molar-refractivity contribution in [3.63, 3.8) is 0 Å². The van der Waals surface area contributed by atoms with Gasteiger partial charge in [0, 0.05) is 39.5 Å². The monoisotopic (exact) mass is 740 g/mol. The summed E-state index contributed by atoms with van der Waals surface area (Å²) in [5.74, 6) is 0.697. The summed E-state index contributed by atoms with van der Waals surface area (Å²) in [5.41, 5.74) is 19.9. The Hall–Kier alpha value is -5.86. The Kier molecular flexibility index (Phi) is 9.29. The molecule has 6 aliphatic rings. The van der Waals surface area contributed by atoms with E-state index in [-0.39, 0.29) is 5.41 Å². The zero-order chi connectivity index (χ0) is 38.3. The van der Waals surface area contributed by atoms with Crippen LogP contribution < -0.4 is 9.80 Å². The SMILES string of the molecule is CC1(C)c2ccccc2-c2ccc(N(c3ccccc3)c3cc4ccc3CCc3ccc(c(N(c5ccccc5)c5ccc(C6CCCCC6)cc5)c3)CC4)cc21. The van der Waals surface area contributed by atoms with Gasteiger partial charge in [-0.25, -0.2) is 0 Å². The highest BCUT2D eigenvalue weighted by atomic mass is 15.2. The van der Waals surface area contributed by atoms with E-state index in [1.54, 1.807) is 0 Å². The van der Waals surface area contributed by atoms with Gasteiger partial charge in [-0.3, -0.25) is 0 Å². The summed E-state index contributed by atoms with van der Waals surface area (Å²) in [4.78, 5) is 5.03. The first-order valence-corrected chi connectivity index (χ1v) is 21.3. The summed E-state index contributed by atoms with van der Waals surface area (Å²) in [6.07, 6.45) is 10.5. The highest BCUT2D eigenvalue weighted by Gasteiger charge is 2.36. The molecule has 0 unspecified atom stereocenters. The number of hydrogen-bond donors (Lipinski definition) is 0. The van der Waals surface area contributed by atoms with Crippen molar-refractivity contribution >= 4 is 34.1 Å². The third-order valence-corrected chi connectivity index (χ3v) is 13.2. The molecule has 0 aromatic heterocycles. The van der Waals surface area contributed by atoms with Crippen LogP contribution in [0, 0.1) is 0 Å². The molecule has 2 heteroatoms. The van der Waals surface area contributed by atoms with Crippen molar-refractivity contribution in [3.05, 3.63) is 203 Å². The van der Waals surface area contributed by atoms with E-state index in [0.29, 0.717) is 5.92 Å². The zero-order valence-electron chi connectivity index (χ0n) is 33.4. The number of nitrogens with zero attached hydrogens (tertiary/aromatic N) is 2. The van der Waals surface area contributed by atoms with Crippen molar-refractivity contribution in [1.29, 1.82) is 0 Å². The number of benzene rings is 7. The van der Waals surface area contributed by atoms with Crippen LogP contribution in [0.4, 0.5) is 34.1 Å². The lowest BCUT2D eigenvalue weighted by Crippen LogP contribution is -2.17. The van der Waals surface area contributed by atoms with Crippen molar-refractivity contribution < 1.29 is 0 Å². The van der Waals surface area contributed by atoms with Crippen molar-refractivity contribution in [1.82, 2.24) is 0 Å². The van der Waals surface area contributed by atoms with E-state index in [1.165, 1.54) is 116 Å². The van der Waals surface area contributed by atoms with E-state index in [1.807, 2.05) is 0 Å².